The summed E-state index contributed by atoms with van der Waals surface area (Å²) >= 11 is 6.67. The Balaban J connectivity index is 1.65. The molecule has 3 aromatic rings. The number of benzene rings is 3. The van der Waals surface area contributed by atoms with Crippen molar-refractivity contribution in [1.82, 2.24) is 4.90 Å². The number of hydrogen-bond donors (Lipinski definition) is 3. The number of nitrogens with two attached hydrogens (primary N) is 1. The van der Waals surface area contributed by atoms with Crippen LogP contribution in [0, 0.1) is 6.92 Å². The molecule has 3 aromatic carbocycles. The first-order chi connectivity index (χ1) is 16.9. The maximum atomic E-state index is 11.8. The number of rotatable bonds is 8. The number of ether oxygens (including phenoxy) is 1. The van der Waals surface area contributed by atoms with Gasteiger partial charge in [-0.1, -0.05) is 54.1 Å². The van der Waals surface area contributed by atoms with E-state index in [9.17, 15) is 9.90 Å². The summed E-state index contributed by atoms with van der Waals surface area (Å²) in [6, 6.07) is 18.1. The Morgan fingerprint density at radius 2 is 2.03 bits per heavy atom. The number of anilines is 2. The maximum Gasteiger partial charge on any atom is 0.304 e. The van der Waals surface area contributed by atoms with Gasteiger partial charge in [0, 0.05) is 37.7 Å². The summed E-state index contributed by atoms with van der Waals surface area (Å²) in [4.78, 5) is 14.2. The Kier molecular flexibility index (Phi) is 7.83. The van der Waals surface area contributed by atoms with E-state index in [1.165, 1.54) is 5.56 Å². The average Bonchev–Trinajstić information content (AvgIpc) is 3.04. The Bertz CT molecular complexity index is 1210. The molecule has 0 bridgehead atoms. The van der Waals surface area contributed by atoms with Crippen molar-refractivity contribution in [3.05, 3.63) is 87.4 Å². The number of para-hydroxylation sites is 1. The molecule has 1 aliphatic rings. The average molecular weight is 494 g/mol. The highest BCUT2D eigenvalue weighted by Gasteiger charge is 2.24. The van der Waals surface area contributed by atoms with E-state index in [-0.39, 0.29) is 6.42 Å². The highest BCUT2D eigenvalue weighted by molar-refractivity contribution is 6.34. The minimum atomic E-state index is -0.885. The van der Waals surface area contributed by atoms with E-state index in [1.54, 1.807) is 0 Å². The van der Waals surface area contributed by atoms with Crippen LogP contribution in [-0.4, -0.2) is 35.7 Å². The van der Waals surface area contributed by atoms with Crippen LogP contribution < -0.4 is 15.8 Å². The molecule has 1 heterocycles. The molecule has 1 atom stereocenters. The van der Waals surface area contributed by atoms with Crippen molar-refractivity contribution in [2.24, 2.45) is 0 Å². The monoisotopic (exact) mass is 493 g/mol. The van der Waals surface area contributed by atoms with Gasteiger partial charge in [-0.25, -0.2) is 0 Å². The molecule has 184 valence electrons. The van der Waals surface area contributed by atoms with Crippen molar-refractivity contribution >= 4 is 28.9 Å². The topological polar surface area (TPSA) is 87.8 Å². The second-order valence-electron chi connectivity index (χ2n) is 8.96. The molecule has 1 aliphatic heterocycles. The zero-order valence-corrected chi connectivity index (χ0v) is 20.9. The number of aryl methyl sites for hydroxylation is 1. The van der Waals surface area contributed by atoms with E-state index in [0.717, 1.165) is 53.3 Å². The molecule has 0 amide bonds. The molecule has 4 N–H and O–H groups in total. The maximum absolute atomic E-state index is 11.8. The second kappa shape index (κ2) is 11.0. The van der Waals surface area contributed by atoms with Crippen molar-refractivity contribution in [2.45, 2.75) is 39.3 Å². The largest absolute Gasteiger partial charge is 0.492 e. The fourth-order valence-electron chi connectivity index (χ4n) is 4.64. The molecule has 4 rings (SSSR count). The van der Waals surface area contributed by atoms with Crippen molar-refractivity contribution in [3.63, 3.8) is 0 Å². The minimum Gasteiger partial charge on any atom is -0.492 e. The normalized spacial score (nSPS) is 14.5. The van der Waals surface area contributed by atoms with Crippen molar-refractivity contribution < 1.29 is 14.6 Å². The molecular formula is C28H32ClN3O3. The van der Waals surface area contributed by atoms with E-state index in [4.69, 9.17) is 22.1 Å². The van der Waals surface area contributed by atoms with Crippen LogP contribution in [0.3, 0.4) is 0 Å². The number of nitrogens with one attached hydrogen (secondary N) is 1. The lowest BCUT2D eigenvalue weighted by molar-refractivity contribution is -0.137. The number of fused-ring (bicyclic) bond motifs is 1. The van der Waals surface area contributed by atoms with Gasteiger partial charge in [0.2, 0.25) is 0 Å². The van der Waals surface area contributed by atoms with Crippen LogP contribution in [0.5, 0.6) is 5.75 Å². The van der Waals surface area contributed by atoms with E-state index >= 15 is 0 Å². The Labute approximate surface area is 211 Å². The van der Waals surface area contributed by atoms with Crippen LogP contribution in [0.4, 0.5) is 11.4 Å². The van der Waals surface area contributed by atoms with Crippen LogP contribution in [0.15, 0.2) is 54.6 Å². The van der Waals surface area contributed by atoms with Gasteiger partial charge >= 0.3 is 5.97 Å². The van der Waals surface area contributed by atoms with Crippen LogP contribution >= 0.6 is 11.6 Å². The number of halogens is 1. The fraction of sp³-hybridized carbons (Fsp3) is 0.321. The summed E-state index contributed by atoms with van der Waals surface area (Å²) < 4.78 is 5.92. The van der Waals surface area contributed by atoms with Crippen LogP contribution in [0.1, 0.15) is 47.1 Å². The highest BCUT2D eigenvalue weighted by atomic mass is 35.5. The van der Waals surface area contributed by atoms with Gasteiger partial charge in [-0.2, -0.15) is 0 Å². The molecule has 7 heteroatoms. The van der Waals surface area contributed by atoms with Gasteiger partial charge in [0.1, 0.15) is 12.4 Å². The van der Waals surface area contributed by atoms with E-state index in [1.807, 2.05) is 43.3 Å². The summed E-state index contributed by atoms with van der Waals surface area (Å²) in [7, 11) is 0. The molecule has 35 heavy (non-hydrogen) atoms. The lowest BCUT2D eigenvalue weighted by atomic mass is 9.86. The SMILES string of the molecule is CCNc1ccc(C(CC(=O)O)c2ccc(C)c(CN3CCOc4ccccc4C3)c2)c(Cl)c1N. The Morgan fingerprint density at radius 3 is 2.80 bits per heavy atom. The fourth-order valence-corrected chi connectivity index (χ4v) is 4.94. The Hall–Kier alpha value is -3.22. The van der Waals surface area contributed by atoms with Crippen LogP contribution in [0.25, 0.3) is 0 Å². The standard InChI is InChI=1S/C28H32ClN3O3/c1-3-31-24-11-10-22(27(29)28(24)30)23(15-26(33)34)19-9-8-18(2)21(14-19)17-32-12-13-35-25-7-5-4-6-20(25)16-32/h4-11,14,23,31H,3,12-13,15-17,30H2,1-2H3,(H,33,34). The molecule has 0 aromatic heterocycles. The van der Waals surface area contributed by atoms with Gasteiger partial charge in [-0.3, -0.25) is 9.69 Å². The van der Waals surface area contributed by atoms with Gasteiger partial charge < -0.3 is 20.9 Å². The Morgan fingerprint density at radius 1 is 1.23 bits per heavy atom. The zero-order valence-electron chi connectivity index (χ0n) is 20.2. The molecule has 1 unspecified atom stereocenters. The predicted molar refractivity (Wildman–Crippen MR) is 141 cm³/mol. The molecule has 0 saturated carbocycles. The van der Waals surface area contributed by atoms with Crippen molar-refractivity contribution in [3.8, 4) is 5.75 Å². The number of carboxylic acids is 1. The van der Waals surface area contributed by atoms with Gasteiger partial charge in [0.05, 0.1) is 22.8 Å². The number of aliphatic carboxylic acids is 1. The molecule has 0 saturated heterocycles. The van der Waals surface area contributed by atoms with Crippen molar-refractivity contribution in [1.29, 1.82) is 0 Å². The lowest BCUT2D eigenvalue weighted by Crippen LogP contribution is -2.25. The van der Waals surface area contributed by atoms with Gasteiger partial charge in [0.15, 0.2) is 0 Å². The summed E-state index contributed by atoms with van der Waals surface area (Å²) in [6.45, 7) is 7.77. The first-order valence-corrected chi connectivity index (χ1v) is 12.3. The van der Waals surface area contributed by atoms with Crippen molar-refractivity contribution in [2.75, 3.05) is 30.7 Å². The number of nitrogens with zero attached hydrogens (tertiary/aromatic N) is 1. The molecule has 0 aliphatic carbocycles. The number of nitrogen functional groups attached to an aromatic ring is 1. The van der Waals surface area contributed by atoms with Gasteiger partial charge in [-0.15, -0.1) is 0 Å². The summed E-state index contributed by atoms with van der Waals surface area (Å²) in [5, 5.41) is 13.3. The number of carboxylic acid groups (broad SMARTS) is 1. The van der Waals surface area contributed by atoms with Crippen LogP contribution in [0.2, 0.25) is 5.02 Å². The van der Waals surface area contributed by atoms with Gasteiger partial charge in [0.25, 0.3) is 0 Å². The third-order valence-corrected chi connectivity index (χ3v) is 6.95. The first-order valence-electron chi connectivity index (χ1n) is 11.9. The number of carbonyl (C=O) groups is 1. The summed E-state index contributed by atoms with van der Waals surface area (Å²) in [5.41, 5.74) is 12.6. The molecule has 0 radical (unpaired) electrons. The predicted octanol–water partition coefficient (Wildman–Crippen LogP) is 5.66. The smallest absolute Gasteiger partial charge is 0.304 e. The molecule has 6 nitrogen and oxygen atoms in total. The van der Waals surface area contributed by atoms with E-state index < -0.39 is 11.9 Å². The minimum absolute atomic E-state index is 0.0762. The quantitative estimate of drug-likeness (QED) is 0.351. The van der Waals surface area contributed by atoms with E-state index in [2.05, 4.69) is 35.3 Å². The zero-order chi connectivity index (χ0) is 24.9. The second-order valence-corrected chi connectivity index (χ2v) is 9.34. The van der Waals surface area contributed by atoms with Gasteiger partial charge in [-0.05, 0) is 48.2 Å². The highest BCUT2D eigenvalue weighted by Crippen LogP contribution is 2.39. The first kappa shape index (κ1) is 24.9. The molecular weight excluding hydrogens is 462 g/mol. The number of hydrogen-bond acceptors (Lipinski definition) is 5. The summed E-state index contributed by atoms with van der Waals surface area (Å²) in [5.74, 6) is -0.357. The summed E-state index contributed by atoms with van der Waals surface area (Å²) in [6.07, 6.45) is -0.0762. The van der Waals surface area contributed by atoms with E-state index in [0.29, 0.717) is 23.9 Å². The molecule has 0 spiro atoms. The third kappa shape index (κ3) is 5.72. The van der Waals surface area contributed by atoms with Crippen LogP contribution in [-0.2, 0) is 17.9 Å². The molecule has 0 fully saturated rings. The third-order valence-electron chi connectivity index (χ3n) is 6.53. The lowest BCUT2D eigenvalue weighted by Gasteiger charge is -2.24.